The van der Waals surface area contributed by atoms with Gasteiger partial charge in [-0.25, -0.2) is 4.79 Å². The highest BCUT2D eigenvalue weighted by Gasteiger charge is 2.10. The third kappa shape index (κ3) is 3.57. The molecule has 0 fully saturated rings. The second-order valence-corrected chi connectivity index (χ2v) is 3.80. The summed E-state index contributed by atoms with van der Waals surface area (Å²) in [5, 5.41) is 0. The number of hydrogen-bond donors (Lipinski definition) is 0. The molecular weight excluding hydrogens is 204 g/mol. The molecule has 0 radical (unpaired) electrons. The second kappa shape index (κ2) is 6.16. The van der Waals surface area contributed by atoms with Crippen molar-refractivity contribution in [2.75, 3.05) is 6.61 Å². The highest BCUT2D eigenvalue weighted by atomic mass is 16.5. The van der Waals surface area contributed by atoms with Gasteiger partial charge in [0.2, 0.25) is 0 Å². The molecule has 0 aliphatic carbocycles. The van der Waals surface area contributed by atoms with Crippen LogP contribution in [0.2, 0.25) is 0 Å². The van der Waals surface area contributed by atoms with Crippen molar-refractivity contribution in [3.05, 3.63) is 41.0 Å². The van der Waals surface area contributed by atoms with Crippen LogP contribution in [0.15, 0.2) is 34.0 Å². The predicted octanol–water partition coefficient (Wildman–Crippen LogP) is 3.11. The summed E-state index contributed by atoms with van der Waals surface area (Å²) in [6.45, 7) is 8.10. The normalized spacial score (nSPS) is 12.1. The Balaban J connectivity index is 2.88. The van der Waals surface area contributed by atoms with E-state index < -0.39 is 0 Å². The van der Waals surface area contributed by atoms with Gasteiger partial charge >= 0.3 is 5.63 Å². The lowest BCUT2D eigenvalue weighted by Crippen LogP contribution is -2.05. The van der Waals surface area contributed by atoms with E-state index in [1.54, 1.807) is 12.1 Å². The quantitative estimate of drug-likeness (QED) is 0.694. The van der Waals surface area contributed by atoms with Gasteiger partial charge in [0.25, 0.3) is 0 Å². The Kier molecular flexibility index (Phi) is 4.83. The Hall–Kier alpha value is -1.51. The summed E-state index contributed by atoms with van der Waals surface area (Å²) in [6, 6.07) is 3.14. The lowest BCUT2D eigenvalue weighted by Gasteiger charge is -2.10. The fourth-order valence-electron chi connectivity index (χ4n) is 1.53. The third-order valence-corrected chi connectivity index (χ3v) is 2.34. The molecule has 0 amide bonds. The number of rotatable bonds is 6. The molecule has 1 heterocycles. The molecule has 0 saturated carbocycles. The summed E-state index contributed by atoms with van der Waals surface area (Å²) in [5.74, 6) is 1.48. The molecular formula is C13H18O3. The van der Waals surface area contributed by atoms with Crippen LogP contribution >= 0.6 is 0 Å². The first kappa shape index (κ1) is 12.6. The third-order valence-electron chi connectivity index (χ3n) is 2.34. The van der Waals surface area contributed by atoms with Crippen LogP contribution in [-0.2, 0) is 0 Å². The van der Waals surface area contributed by atoms with Gasteiger partial charge in [-0.15, -0.1) is 0 Å². The molecule has 0 bridgehead atoms. The average Bonchev–Trinajstić information content (AvgIpc) is 2.26. The van der Waals surface area contributed by atoms with Crippen molar-refractivity contribution >= 4 is 0 Å². The molecule has 0 N–H and O–H groups in total. The maximum Gasteiger partial charge on any atom is 0.339 e. The fraction of sp³-hybridized carbons (Fsp3) is 0.462. The average molecular weight is 222 g/mol. The molecule has 1 rings (SSSR count). The molecule has 0 spiro atoms. The van der Waals surface area contributed by atoms with Gasteiger partial charge in [-0.3, -0.25) is 0 Å². The molecule has 1 aromatic heterocycles. The van der Waals surface area contributed by atoms with E-state index in [1.807, 2.05) is 6.92 Å². The first-order valence-electron chi connectivity index (χ1n) is 5.56. The molecule has 1 atom stereocenters. The molecule has 3 heteroatoms. The Bertz CT molecular complexity index is 392. The van der Waals surface area contributed by atoms with E-state index in [0.29, 0.717) is 18.1 Å². The summed E-state index contributed by atoms with van der Waals surface area (Å²) >= 11 is 0. The van der Waals surface area contributed by atoms with Crippen LogP contribution in [0.3, 0.4) is 0 Å². The highest BCUT2D eigenvalue weighted by molar-refractivity contribution is 5.22. The number of ether oxygens (including phenoxy) is 1. The van der Waals surface area contributed by atoms with E-state index in [0.717, 1.165) is 12.8 Å². The van der Waals surface area contributed by atoms with Crippen molar-refractivity contribution in [1.82, 2.24) is 0 Å². The summed E-state index contributed by atoms with van der Waals surface area (Å²) in [4.78, 5) is 11.3. The highest BCUT2D eigenvalue weighted by Crippen LogP contribution is 2.22. The summed E-state index contributed by atoms with van der Waals surface area (Å²) < 4.78 is 10.5. The Morgan fingerprint density at radius 3 is 2.94 bits per heavy atom. The molecule has 16 heavy (non-hydrogen) atoms. The van der Waals surface area contributed by atoms with Crippen LogP contribution in [0.25, 0.3) is 0 Å². The first-order valence-corrected chi connectivity index (χ1v) is 5.56. The van der Waals surface area contributed by atoms with Gasteiger partial charge in [-0.2, -0.15) is 0 Å². The zero-order valence-corrected chi connectivity index (χ0v) is 9.86. The van der Waals surface area contributed by atoms with E-state index >= 15 is 0 Å². The van der Waals surface area contributed by atoms with Crippen molar-refractivity contribution in [2.45, 2.75) is 32.6 Å². The van der Waals surface area contributed by atoms with Gasteiger partial charge in [0, 0.05) is 12.0 Å². The molecule has 0 aromatic carbocycles. The molecule has 0 unspecified atom stereocenters. The second-order valence-electron chi connectivity index (χ2n) is 3.80. The van der Waals surface area contributed by atoms with Gasteiger partial charge in [0.15, 0.2) is 0 Å². The maximum atomic E-state index is 11.3. The minimum absolute atomic E-state index is 0.241. The summed E-state index contributed by atoms with van der Waals surface area (Å²) in [7, 11) is 0. The van der Waals surface area contributed by atoms with Crippen LogP contribution in [0.5, 0.6) is 5.75 Å². The Labute approximate surface area is 95.7 Å². The monoisotopic (exact) mass is 222 g/mol. The minimum Gasteiger partial charge on any atom is -0.489 e. The van der Waals surface area contributed by atoms with Crippen LogP contribution in [0.4, 0.5) is 0 Å². The van der Waals surface area contributed by atoms with Gasteiger partial charge in [0.1, 0.15) is 18.1 Å². The van der Waals surface area contributed by atoms with Gasteiger partial charge in [-0.05, 0) is 6.42 Å². The molecule has 0 aliphatic rings. The maximum absolute atomic E-state index is 11.3. The fourth-order valence-corrected chi connectivity index (χ4v) is 1.53. The lowest BCUT2D eigenvalue weighted by molar-refractivity contribution is 0.346. The Morgan fingerprint density at radius 2 is 2.31 bits per heavy atom. The van der Waals surface area contributed by atoms with E-state index in [4.69, 9.17) is 9.15 Å². The Morgan fingerprint density at radius 1 is 1.56 bits per heavy atom. The summed E-state index contributed by atoms with van der Waals surface area (Å²) in [6.07, 6.45) is 3.69. The standard InChI is InChI=1S/C13H18O3/c1-4-6-10(3)12-8-11(15-7-5-2)9-13(14)16-12/h5,8-10H,2,4,6-7H2,1,3H3/t10-/m1/s1. The molecule has 88 valence electrons. The SMILES string of the molecule is C=CCOc1cc([C@H](C)CCC)oc(=O)c1. The van der Waals surface area contributed by atoms with Gasteiger partial charge in [-0.1, -0.05) is 32.9 Å². The van der Waals surface area contributed by atoms with E-state index in [2.05, 4.69) is 13.5 Å². The molecule has 0 saturated heterocycles. The molecule has 3 nitrogen and oxygen atoms in total. The summed E-state index contributed by atoms with van der Waals surface area (Å²) in [5.41, 5.74) is -0.362. The van der Waals surface area contributed by atoms with Crippen molar-refractivity contribution in [2.24, 2.45) is 0 Å². The largest absolute Gasteiger partial charge is 0.489 e. The molecule has 1 aromatic rings. The topological polar surface area (TPSA) is 39.4 Å². The predicted molar refractivity (Wildman–Crippen MR) is 64.0 cm³/mol. The van der Waals surface area contributed by atoms with E-state index in [9.17, 15) is 4.79 Å². The van der Waals surface area contributed by atoms with Gasteiger partial charge < -0.3 is 9.15 Å². The van der Waals surface area contributed by atoms with E-state index in [1.165, 1.54) is 6.07 Å². The van der Waals surface area contributed by atoms with Crippen molar-refractivity contribution in [1.29, 1.82) is 0 Å². The van der Waals surface area contributed by atoms with Crippen molar-refractivity contribution in [3.8, 4) is 5.75 Å². The van der Waals surface area contributed by atoms with Gasteiger partial charge in [0.05, 0.1) is 6.07 Å². The van der Waals surface area contributed by atoms with Crippen LogP contribution in [0, 0.1) is 0 Å². The van der Waals surface area contributed by atoms with Crippen molar-refractivity contribution < 1.29 is 9.15 Å². The van der Waals surface area contributed by atoms with E-state index in [-0.39, 0.29) is 11.5 Å². The smallest absolute Gasteiger partial charge is 0.339 e. The van der Waals surface area contributed by atoms with Crippen LogP contribution < -0.4 is 10.4 Å². The van der Waals surface area contributed by atoms with Crippen molar-refractivity contribution in [3.63, 3.8) is 0 Å². The molecule has 0 aliphatic heterocycles. The first-order chi connectivity index (χ1) is 7.67. The van der Waals surface area contributed by atoms with Crippen LogP contribution in [0.1, 0.15) is 38.4 Å². The number of hydrogen-bond acceptors (Lipinski definition) is 3. The zero-order chi connectivity index (χ0) is 12.0. The lowest BCUT2D eigenvalue weighted by atomic mass is 10.0. The van der Waals surface area contributed by atoms with Crippen LogP contribution in [-0.4, -0.2) is 6.61 Å². The zero-order valence-electron chi connectivity index (χ0n) is 9.86. The minimum atomic E-state index is -0.362.